The first kappa shape index (κ1) is 17.0. The van der Waals surface area contributed by atoms with Crippen molar-refractivity contribution in [2.75, 3.05) is 0 Å². The summed E-state index contributed by atoms with van der Waals surface area (Å²) in [6.07, 6.45) is 1.66. The fraction of sp³-hybridized carbons (Fsp3) is 0.0667. The van der Waals surface area contributed by atoms with Crippen LogP contribution in [0, 0.1) is 0 Å². The Morgan fingerprint density at radius 2 is 1.91 bits per heavy atom. The molecule has 4 nitrogen and oxygen atoms in total. The molecule has 2 aromatic carbocycles. The number of nitrogens with one attached hydrogen (secondary N) is 1. The SMILES string of the molecule is O=C(Cc1ccc(Cl)cc1)N/N=C/c1cc(O)c(Br)cc1Br. The van der Waals surface area contributed by atoms with Gasteiger partial charge >= 0.3 is 0 Å². The normalized spacial score (nSPS) is 10.9. The highest BCUT2D eigenvalue weighted by Crippen LogP contribution is 2.29. The van der Waals surface area contributed by atoms with Gasteiger partial charge in [-0.05, 0) is 45.8 Å². The minimum absolute atomic E-state index is 0.0946. The zero-order chi connectivity index (χ0) is 16.1. The summed E-state index contributed by atoms with van der Waals surface area (Å²) in [6.45, 7) is 0. The number of rotatable bonds is 4. The zero-order valence-corrected chi connectivity index (χ0v) is 15.1. The second kappa shape index (κ2) is 7.76. The lowest BCUT2D eigenvalue weighted by Gasteiger charge is -2.03. The number of phenolic OH excluding ortho intramolecular Hbond substituents is 1. The number of hydrazone groups is 1. The van der Waals surface area contributed by atoms with E-state index in [2.05, 4.69) is 42.4 Å². The van der Waals surface area contributed by atoms with E-state index in [1.165, 1.54) is 12.3 Å². The standard InChI is InChI=1S/C15H11Br2ClN2O2/c16-12-7-13(17)14(21)6-10(12)8-19-20-15(22)5-9-1-3-11(18)4-2-9/h1-4,6-8,21H,5H2,(H,20,22)/b19-8+. The lowest BCUT2D eigenvalue weighted by Crippen LogP contribution is -2.19. The van der Waals surface area contributed by atoms with Crippen LogP contribution < -0.4 is 5.43 Å². The first-order chi connectivity index (χ1) is 10.5. The van der Waals surface area contributed by atoms with Gasteiger partial charge in [-0.15, -0.1) is 0 Å². The lowest BCUT2D eigenvalue weighted by molar-refractivity contribution is -0.120. The summed E-state index contributed by atoms with van der Waals surface area (Å²) in [6, 6.07) is 10.3. The summed E-state index contributed by atoms with van der Waals surface area (Å²) in [7, 11) is 0. The quantitative estimate of drug-likeness (QED) is 0.545. The molecule has 0 fully saturated rings. The van der Waals surface area contributed by atoms with Gasteiger partial charge in [-0.1, -0.05) is 39.7 Å². The van der Waals surface area contributed by atoms with Crippen molar-refractivity contribution in [2.45, 2.75) is 6.42 Å². The maximum Gasteiger partial charge on any atom is 0.244 e. The van der Waals surface area contributed by atoms with Gasteiger partial charge in [-0.2, -0.15) is 5.10 Å². The Balaban J connectivity index is 1.96. The number of hydrogen-bond donors (Lipinski definition) is 2. The van der Waals surface area contributed by atoms with E-state index in [9.17, 15) is 9.90 Å². The number of hydrogen-bond acceptors (Lipinski definition) is 3. The third kappa shape index (κ3) is 4.83. The van der Waals surface area contributed by atoms with Crippen LogP contribution in [0.5, 0.6) is 5.75 Å². The van der Waals surface area contributed by atoms with E-state index in [1.54, 1.807) is 30.3 Å². The van der Waals surface area contributed by atoms with Crippen LogP contribution >= 0.6 is 43.5 Å². The van der Waals surface area contributed by atoms with Crippen molar-refractivity contribution in [1.82, 2.24) is 5.43 Å². The maximum atomic E-state index is 11.8. The maximum absolute atomic E-state index is 11.8. The molecule has 0 saturated carbocycles. The van der Waals surface area contributed by atoms with Gasteiger partial charge in [0.15, 0.2) is 0 Å². The Hall–Kier alpha value is -1.37. The summed E-state index contributed by atoms with van der Waals surface area (Å²) in [5, 5.41) is 14.1. The molecule has 7 heteroatoms. The molecular weight excluding hydrogens is 435 g/mol. The van der Waals surface area contributed by atoms with E-state index in [4.69, 9.17) is 11.6 Å². The Morgan fingerprint density at radius 1 is 1.23 bits per heavy atom. The van der Waals surface area contributed by atoms with Crippen molar-refractivity contribution >= 4 is 55.6 Å². The molecule has 1 amide bonds. The average molecular weight is 447 g/mol. The highest BCUT2D eigenvalue weighted by atomic mass is 79.9. The average Bonchev–Trinajstić information content (AvgIpc) is 2.47. The Kier molecular flexibility index (Phi) is 5.99. The largest absolute Gasteiger partial charge is 0.507 e. The van der Waals surface area contributed by atoms with Gasteiger partial charge in [0, 0.05) is 15.1 Å². The third-order valence-corrected chi connectivity index (χ3v) is 4.31. The first-order valence-electron chi connectivity index (χ1n) is 6.20. The highest BCUT2D eigenvalue weighted by molar-refractivity contribution is 9.11. The van der Waals surface area contributed by atoms with Crippen LogP contribution in [0.3, 0.4) is 0 Å². The summed E-state index contributed by atoms with van der Waals surface area (Å²) in [5.41, 5.74) is 3.93. The molecule has 0 radical (unpaired) electrons. The molecular formula is C15H11Br2ClN2O2. The topological polar surface area (TPSA) is 61.7 Å². The molecule has 0 aliphatic carbocycles. The smallest absolute Gasteiger partial charge is 0.244 e. The Morgan fingerprint density at radius 3 is 2.59 bits per heavy atom. The van der Waals surface area contributed by atoms with Gasteiger partial charge in [0.1, 0.15) is 5.75 Å². The summed E-state index contributed by atoms with van der Waals surface area (Å²) in [4.78, 5) is 11.8. The molecule has 0 bridgehead atoms. The number of phenols is 1. The monoisotopic (exact) mass is 444 g/mol. The predicted octanol–water partition coefficient (Wildman–Crippen LogP) is 4.26. The highest BCUT2D eigenvalue weighted by Gasteiger charge is 2.05. The molecule has 2 aromatic rings. The second-order valence-corrected chi connectivity index (χ2v) is 6.57. The molecule has 2 N–H and O–H groups in total. The third-order valence-electron chi connectivity index (χ3n) is 2.74. The fourth-order valence-corrected chi connectivity index (χ4v) is 2.88. The number of nitrogens with zero attached hydrogens (tertiary/aromatic N) is 1. The molecule has 0 atom stereocenters. The predicted molar refractivity (Wildman–Crippen MR) is 94.4 cm³/mol. The molecule has 0 aliphatic heterocycles. The van der Waals surface area contributed by atoms with Crippen LogP contribution in [0.2, 0.25) is 5.02 Å². The van der Waals surface area contributed by atoms with Crippen molar-refractivity contribution in [3.8, 4) is 5.75 Å². The molecule has 114 valence electrons. The van der Waals surface area contributed by atoms with Crippen molar-refractivity contribution in [3.63, 3.8) is 0 Å². The minimum atomic E-state index is -0.240. The first-order valence-corrected chi connectivity index (χ1v) is 8.16. The second-order valence-electron chi connectivity index (χ2n) is 4.42. The van der Waals surface area contributed by atoms with Gasteiger partial charge in [0.2, 0.25) is 5.91 Å². The van der Waals surface area contributed by atoms with E-state index < -0.39 is 0 Å². The summed E-state index contributed by atoms with van der Waals surface area (Å²) >= 11 is 12.3. The molecule has 0 unspecified atom stereocenters. The van der Waals surface area contributed by atoms with Crippen LogP contribution in [0.4, 0.5) is 0 Å². The van der Waals surface area contributed by atoms with Crippen molar-refractivity contribution < 1.29 is 9.90 Å². The molecule has 0 spiro atoms. The molecule has 0 aromatic heterocycles. The van der Waals surface area contributed by atoms with Crippen molar-refractivity contribution in [1.29, 1.82) is 0 Å². The van der Waals surface area contributed by atoms with Gasteiger partial charge in [0.05, 0.1) is 17.1 Å². The van der Waals surface area contributed by atoms with Crippen molar-refractivity contribution in [2.24, 2.45) is 5.10 Å². The molecule has 0 heterocycles. The van der Waals surface area contributed by atoms with Gasteiger partial charge in [0.25, 0.3) is 0 Å². The van der Waals surface area contributed by atoms with Crippen LogP contribution in [0.25, 0.3) is 0 Å². The number of halogens is 3. The Bertz CT molecular complexity index is 718. The molecule has 22 heavy (non-hydrogen) atoms. The van der Waals surface area contributed by atoms with E-state index in [-0.39, 0.29) is 18.1 Å². The van der Waals surface area contributed by atoms with Crippen LogP contribution in [-0.4, -0.2) is 17.2 Å². The summed E-state index contributed by atoms with van der Waals surface area (Å²) < 4.78 is 1.32. The molecule has 2 rings (SSSR count). The van der Waals surface area contributed by atoms with E-state index in [0.29, 0.717) is 15.1 Å². The minimum Gasteiger partial charge on any atom is -0.507 e. The number of amides is 1. The molecule has 0 saturated heterocycles. The van der Waals surface area contributed by atoms with E-state index >= 15 is 0 Å². The summed E-state index contributed by atoms with van der Waals surface area (Å²) in [5.74, 6) is -0.145. The van der Waals surface area contributed by atoms with Gasteiger partial charge in [-0.25, -0.2) is 5.43 Å². The van der Waals surface area contributed by atoms with Crippen LogP contribution in [0.15, 0.2) is 50.4 Å². The van der Waals surface area contributed by atoms with Crippen molar-refractivity contribution in [3.05, 3.63) is 61.5 Å². The number of benzene rings is 2. The van der Waals surface area contributed by atoms with E-state index in [0.717, 1.165) is 10.0 Å². The van der Waals surface area contributed by atoms with Crippen LogP contribution in [-0.2, 0) is 11.2 Å². The van der Waals surface area contributed by atoms with Crippen LogP contribution in [0.1, 0.15) is 11.1 Å². The number of carbonyl (C=O) groups excluding carboxylic acids is 1. The van der Waals surface area contributed by atoms with Gasteiger partial charge < -0.3 is 5.11 Å². The number of carbonyl (C=O) groups is 1. The number of aromatic hydroxyl groups is 1. The fourth-order valence-electron chi connectivity index (χ4n) is 1.65. The van der Waals surface area contributed by atoms with Gasteiger partial charge in [-0.3, -0.25) is 4.79 Å². The van der Waals surface area contributed by atoms with E-state index in [1.807, 2.05) is 0 Å². The lowest BCUT2D eigenvalue weighted by atomic mass is 10.1. The Labute approximate surface area is 149 Å². The zero-order valence-electron chi connectivity index (χ0n) is 11.2. The molecule has 0 aliphatic rings.